The summed E-state index contributed by atoms with van der Waals surface area (Å²) in [6.07, 6.45) is 0. The van der Waals surface area contributed by atoms with Gasteiger partial charge in [-0.15, -0.1) is 11.3 Å². The lowest BCUT2D eigenvalue weighted by atomic mass is 10.2. The Kier molecular flexibility index (Phi) is 1.88. The molecule has 0 aliphatic heterocycles. The highest BCUT2D eigenvalue weighted by Gasteiger charge is 2.12. The molecule has 0 bridgehead atoms. The normalized spacial score (nSPS) is 11.4. The molecule has 3 aromatic rings. The van der Waals surface area contributed by atoms with Gasteiger partial charge < -0.3 is 4.42 Å². The molecule has 80 valence electrons. The SMILES string of the molecule is Cc1cc2sc3c(F)cccc3c2c(=O)o1. The molecule has 0 spiro atoms. The van der Waals surface area contributed by atoms with Gasteiger partial charge in [-0.1, -0.05) is 12.1 Å². The molecule has 0 aliphatic carbocycles. The molecule has 2 aromatic heterocycles. The first kappa shape index (κ1) is 9.54. The van der Waals surface area contributed by atoms with Gasteiger partial charge in [0.05, 0.1) is 10.1 Å². The van der Waals surface area contributed by atoms with Crippen molar-refractivity contribution in [1.29, 1.82) is 0 Å². The number of aryl methyl sites for hydroxylation is 1. The van der Waals surface area contributed by atoms with Crippen LogP contribution in [0.2, 0.25) is 0 Å². The molecular formula is C12H7FO2S. The molecule has 0 aliphatic rings. The quantitative estimate of drug-likeness (QED) is 0.596. The Morgan fingerprint density at radius 3 is 3.00 bits per heavy atom. The Hall–Kier alpha value is -1.68. The Morgan fingerprint density at radius 1 is 1.38 bits per heavy atom. The molecule has 0 atom stereocenters. The first-order valence-electron chi connectivity index (χ1n) is 4.78. The fourth-order valence-electron chi connectivity index (χ4n) is 1.83. The molecule has 0 N–H and O–H groups in total. The van der Waals surface area contributed by atoms with Crippen LogP contribution in [-0.2, 0) is 0 Å². The molecule has 3 rings (SSSR count). The van der Waals surface area contributed by atoms with Crippen molar-refractivity contribution in [3.63, 3.8) is 0 Å². The van der Waals surface area contributed by atoms with E-state index in [-0.39, 0.29) is 5.82 Å². The van der Waals surface area contributed by atoms with Crippen LogP contribution in [0.15, 0.2) is 33.5 Å². The van der Waals surface area contributed by atoms with Crippen molar-refractivity contribution in [1.82, 2.24) is 0 Å². The summed E-state index contributed by atoms with van der Waals surface area (Å²) in [6.45, 7) is 1.71. The number of hydrogen-bond acceptors (Lipinski definition) is 3. The molecule has 0 amide bonds. The Balaban J connectivity index is 2.67. The maximum absolute atomic E-state index is 13.5. The number of halogens is 1. The van der Waals surface area contributed by atoms with E-state index in [1.54, 1.807) is 25.1 Å². The van der Waals surface area contributed by atoms with Gasteiger partial charge in [-0.2, -0.15) is 0 Å². The van der Waals surface area contributed by atoms with E-state index < -0.39 is 5.63 Å². The molecule has 0 radical (unpaired) electrons. The van der Waals surface area contributed by atoms with Gasteiger partial charge in [0.25, 0.3) is 0 Å². The minimum absolute atomic E-state index is 0.296. The minimum Gasteiger partial charge on any atom is -0.428 e. The summed E-state index contributed by atoms with van der Waals surface area (Å²) in [5.41, 5.74) is -0.396. The van der Waals surface area contributed by atoms with Gasteiger partial charge in [0.1, 0.15) is 11.6 Å². The second-order valence-electron chi connectivity index (χ2n) is 3.60. The number of rotatable bonds is 0. The van der Waals surface area contributed by atoms with E-state index in [1.165, 1.54) is 17.4 Å². The first-order valence-corrected chi connectivity index (χ1v) is 5.60. The van der Waals surface area contributed by atoms with Gasteiger partial charge in [-0.3, -0.25) is 0 Å². The van der Waals surface area contributed by atoms with Crippen LogP contribution in [0.25, 0.3) is 20.2 Å². The van der Waals surface area contributed by atoms with Crippen LogP contribution >= 0.6 is 11.3 Å². The summed E-state index contributed by atoms with van der Waals surface area (Å²) in [7, 11) is 0. The fraction of sp³-hybridized carbons (Fsp3) is 0.0833. The fourth-order valence-corrected chi connectivity index (χ4v) is 3.01. The monoisotopic (exact) mass is 234 g/mol. The van der Waals surface area contributed by atoms with E-state index >= 15 is 0 Å². The molecule has 0 saturated carbocycles. The Labute approximate surface area is 93.9 Å². The molecule has 0 fully saturated rings. The molecule has 0 saturated heterocycles. The van der Waals surface area contributed by atoms with Crippen molar-refractivity contribution >= 4 is 31.5 Å². The molecule has 0 unspecified atom stereocenters. The zero-order valence-corrected chi connectivity index (χ0v) is 9.23. The van der Waals surface area contributed by atoms with Crippen LogP contribution in [-0.4, -0.2) is 0 Å². The third-order valence-electron chi connectivity index (χ3n) is 2.49. The topological polar surface area (TPSA) is 30.2 Å². The highest BCUT2D eigenvalue weighted by atomic mass is 32.1. The number of hydrogen-bond donors (Lipinski definition) is 0. The van der Waals surface area contributed by atoms with Crippen molar-refractivity contribution in [3.8, 4) is 0 Å². The lowest BCUT2D eigenvalue weighted by Crippen LogP contribution is -1.98. The van der Waals surface area contributed by atoms with Gasteiger partial charge >= 0.3 is 5.63 Å². The van der Waals surface area contributed by atoms with Crippen LogP contribution in [0.1, 0.15) is 5.76 Å². The molecule has 2 heterocycles. The highest BCUT2D eigenvalue weighted by Crippen LogP contribution is 2.33. The second kappa shape index (κ2) is 3.15. The Bertz CT molecular complexity index is 755. The van der Waals surface area contributed by atoms with Gasteiger partial charge in [-0.25, -0.2) is 9.18 Å². The van der Waals surface area contributed by atoms with Crippen molar-refractivity contribution in [3.05, 3.63) is 46.3 Å². The molecule has 4 heteroatoms. The summed E-state index contributed by atoms with van der Waals surface area (Å²) in [5, 5.41) is 1.11. The largest absolute Gasteiger partial charge is 0.428 e. The predicted molar refractivity (Wildman–Crippen MR) is 62.6 cm³/mol. The van der Waals surface area contributed by atoms with Crippen molar-refractivity contribution in [2.45, 2.75) is 6.92 Å². The summed E-state index contributed by atoms with van der Waals surface area (Å²) in [6, 6.07) is 6.50. The van der Waals surface area contributed by atoms with Crippen LogP contribution < -0.4 is 5.63 Å². The highest BCUT2D eigenvalue weighted by molar-refractivity contribution is 7.25. The van der Waals surface area contributed by atoms with Gasteiger partial charge in [-0.05, 0) is 19.1 Å². The number of fused-ring (bicyclic) bond motifs is 3. The van der Waals surface area contributed by atoms with E-state index in [2.05, 4.69) is 0 Å². The minimum atomic E-state index is -0.396. The van der Waals surface area contributed by atoms with Gasteiger partial charge in [0.2, 0.25) is 0 Å². The molecule has 1 aromatic carbocycles. The maximum atomic E-state index is 13.5. The smallest absolute Gasteiger partial charge is 0.345 e. The summed E-state index contributed by atoms with van der Waals surface area (Å²) >= 11 is 1.28. The lowest BCUT2D eigenvalue weighted by Gasteiger charge is -1.92. The van der Waals surface area contributed by atoms with E-state index in [0.29, 0.717) is 21.2 Å². The van der Waals surface area contributed by atoms with E-state index in [9.17, 15) is 9.18 Å². The third-order valence-corrected chi connectivity index (χ3v) is 3.65. The lowest BCUT2D eigenvalue weighted by molar-refractivity contribution is 0.489. The zero-order valence-electron chi connectivity index (χ0n) is 8.41. The van der Waals surface area contributed by atoms with Crippen molar-refractivity contribution in [2.24, 2.45) is 0 Å². The average Bonchev–Trinajstić information content (AvgIpc) is 2.57. The van der Waals surface area contributed by atoms with Crippen molar-refractivity contribution in [2.75, 3.05) is 0 Å². The van der Waals surface area contributed by atoms with Crippen LogP contribution in [0.4, 0.5) is 4.39 Å². The first-order chi connectivity index (χ1) is 7.66. The number of benzene rings is 1. The van der Waals surface area contributed by atoms with Gasteiger partial charge in [0.15, 0.2) is 0 Å². The van der Waals surface area contributed by atoms with Crippen LogP contribution in [0.5, 0.6) is 0 Å². The molecular weight excluding hydrogens is 227 g/mol. The van der Waals surface area contributed by atoms with E-state index in [1.807, 2.05) is 0 Å². The number of thiophene rings is 1. The second-order valence-corrected chi connectivity index (χ2v) is 4.65. The predicted octanol–water partition coefficient (Wildman–Crippen LogP) is 3.46. The standard InChI is InChI=1S/C12H7FO2S/c1-6-5-9-10(12(14)15-6)7-3-2-4-8(13)11(7)16-9/h2-5H,1H3. The molecule has 16 heavy (non-hydrogen) atoms. The van der Waals surface area contributed by atoms with Crippen LogP contribution in [0.3, 0.4) is 0 Å². The van der Waals surface area contributed by atoms with Crippen LogP contribution in [0, 0.1) is 12.7 Å². The summed E-state index contributed by atoms with van der Waals surface area (Å²) in [5.74, 6) is 0.250. The average molecular weight is 234 g/mol. The summed E-state index contributed by atoms with van der Waals surface area (Å²) in [4.78, 5) is 11.7. The van der Waals surface area contributed by atoms with E-state index in [4.69, 9.17) is 4.42 Å². The zero-order chi connectivity index (χ0) is 11.3. The van der Waals surface area contributed by atoms with Crippen molar-refractivity contribution < 1.29 is 8.81 Å². The maximum Gasteiger partial charge on any atom is 0.345 e. The third kappa shape index (κ3) is 1.20. The van der Waals surface area contributed by atoms with Gasteiger partial charge in [0, 0.05) is 10.1 Å². The van der Waals surface area contributed by atoms with E-state index in [0.717, 1.165) is 4.70 Å². The summed E-state index contributed by atoms with van der Waals surface area (Å²) < 4.78 is 19.8. The Morgan fingerprint density at radius 2 is 2.19 bits per heavy atom. The molecule has 2 nitrogen and oxygen atoms in total.